The van der Waals surface area contributed by atoms with E-state index in [-0.39, 0.29) is 36.0 Å². The molecule has 1 aromatic carbocycles. The molecule has 1 aliphatic rings. The highest BCUT2D eigenvalue weighted by Gasteiger charge is 2.25. The van der Waals surface area contributed by atoms with Crippen molar-refractivity contribution in [2.75, 3.05) is 39.3 Å². The zero-order valence-corrected chi connectivity index (χ0v) is 19.9. The Kier molecular flexibility index (Phi) is 11.4. The van der Waals surface area contributed by atoms with Gasteiger partial charge < -0.3 is 20.3 Å². The van der Waals surface area contributed by atoms with E-state index < -0.39 is 0 Å². The van der Waals surface area contributed by atoms with E-state index in [9.17, 15) is 4.79 Å². The lowest BCUT2D eigenvalue weighted by molar-refractivity contribution is -0.120. The lowest BCUT2D eigenvalue weighted by atomic mass is 10.00. The van der Waals surface area contributed by atoms with Gasteiger partial charge in [0.05, 0.1) is 19.7 Å². The molecule has 0 bridgehead atoms. The lowest BCUT2D eigenvalue weighted by Gasteiger charge is -2.36. The Bertz CT molecular complexity index is 651. The molecule has 0 aliphatic carbocycles. The molecule has 158 valence electrons. The van der Waals surface area contributed by atoms with E-state index in [4.69, 9.17) is 4.74 Å². The van der Waals surface area contributed by atoms with Crippen LogP contribution in [0.5, 0.6) is 0 Å². The molecule has 2 rings (SSSR count). The molecule has 1 fully saturated rings. The van der Waals surface area contributed by atoms with Crippen LogP contribution < -0.4 is 10.6 Å². The van der Waals surface area contributed by atoms with Crippen molar-refractivity contribution in [2.24, 2.45) is 4.99 Å². The normalized spacial score (nSPS) is 17.1. The van der Waals surface area contributed by atoms with Crippen molar-refractivity contribution in [1.82, 2.24) is 15.5 Å². The number of carbonyl (C=O) groups excluding carboxylic acids is 1. The van der Waals surface area contributed by atoms with Crippen LogP contribution in [0.15, 0.2) is 23.2 Å². The molecule has 1 aliphatic heterocycles. The van der Waals surface area contributed by atoms with Crippen LogP contribution >= 0.6 is 24.0 Å². The first kappa shape index (κ1) is 24.7. The molecule has 1 amide bonds. The fourth-order valence-electron chi connectivity index (χ4n) is 3.26. The summed E-state index contributed by atoms with van der Waals surface area (Å²) < 4.78 is 6.04. The third-order valence-corrected chi connectivity index (χ3v) is 4.65. The smallest absolute Gasteiger partial charge is 0.221 e. The van der Waals surface area contributed by atoms with Gasteiger partial charge in [-0.1, -0.05) is 30.7 Å². The summed E-state index contributed by atoms with van der Waals surface area (Å²) in [5, 5.41) is 6.25. The van der Waals surface area contributed by atoms with Crippen molar-refractivity contribution < 1.29 is 9.53 Å². The summed E-state index contributed by atoms with van der Waals surface area (Å²) >= 11 is 0. The fraction of sp³-hybridized carbons (Fsp3) is 0.619. The van der Waals surface area contributed by atoms with Crippen molar-refractivity contribution in [3.63, 3.8) is 0 Å². The third kappa shape index (κ3) is 7.58. The van der Waals surface area contributed by atoms with E-state index in [1.165, 1.54) is 16.7 Å². The van der Waals surface area contributed by atoms with Gasteiger partial charge in [-0.3, -0.25) is 9.79 Å². The van der Waals surface area contributed by atoms with E-state index in [1.54, 1.807) is 0 Å². The van der Waals surface area contributed by atoms with Crippen LogP contribution in [0.1, 0.15) is 49.5 Å². The monoisotopic (exact) mass is 502 g/mol. The van der Waals surface area contributed by atoms with Crippen molar-refractivity contribution in [1.29, 1.82) is 0 Å². The Morgan fingerprint density at radius 3 is 2.75 bits per heavy atom. The molecule has 6 nitrogen and oxygen atoms in total. The summed E-state index contributed by atoms with van der Waals surface area (Å²) in [6.45, 7) is 12.6. The van der Waals surface area contributed by atoms with Gasteiger partial charge in [0.15, 0.2) is 5.96 Å². The number of nitrogens with zero attached hydrogens (tertiary/aromatic N) is 2. The van der Waals surface area contributed by atoms with Crippen molar-refractivity contribution in [3.05, 3.63) is 34.9 Å². The number of nitrogens with one attached hydrogen (secondary N) is 2. The zero-order valence-electron chi connectivity index (χ0n) is 17.6. The summed E-state index contributed by atoms with van der Waals surface area (Å²) in [7, 11) is 0. The molecular formula is C21H35IN4O2. The number of amides is 1. The number of ether oxygens (including phenoxy) is 1. The van der Waals surface area contributed by atoms with Gasteiger partial charge in [0.1, 0.15) is 6.10 Å². The predicted molar refractivity (Wildman–Crippen MR) is 125 cm³/mol. The van der Waals surface area contributed by atoms with Gasteiger partial charge >= 0.3 is 0 Å². The molecule has 0 saturated carbocycles. The van der Waals surface area contributed by atoms with Gasteiger partial charge in [0.2, 0.25) is 5.91 Å². The first-order chi connectivity index (χ1) is 13.0. The number of benzene rings is 1. The minimum atomic E-state index is 0. The summed E-state index contributed by atoms with van der Waals surface area (Å²) in [6.07, 6.45) is 1.40. The number of halogens is 1. The van der Waals surface area contributed by atoms with Crippen LogP contribution in [-0.2, 0) is 9.53 Å². The second-order valence-corrected chi connectivity index (χ2v) is 7.00. The zero-order chi connectivity index (χ0) is 19.6. The Hall–Kier alpha value is -1.35. The number of aliphatic imine (C=N–C) groups is 1. The molecule has 2 N–H and O–H groups in total. The average Bonchev–Trinajstić information content (AvgIpc) is 2.66. The van der Waals surface area contributed by atoms with Gasteiger partial charge in [-0.2, -0.15) is 0 Å². The molecular weight excluding hydrogens is 467 g/mol. The highest BCUT2D eigenvalue weighted by Crippen LogP contribution is 2.25. The fourth-order valence-corrected chi connectivity index (χ4v) is 3.26. The maximum Gasteiger partial charge on any atom is 0.221 e. The molecule has 1 aromatic rings. The summed E-state index contributed by atoms with van der Waals surface area (Å²) in [6, 6.07) is 6.51. The molecule has 28 heavy (non-hydrogen) atoms. The predicted octanol–water partition coefficient (Wildman–Crippen LogP) is 3.18. The van der Waals surface area contributed by atoms with Crippen molar-refractivity contribution in [3.8, 4) is 0 Å². The van der Waals surface area contributed by atoms with Crippen LogP contribution in [0.2, 0.25) is 0 Å². The average molecular weight is 502 g/mol. The summed E-state index contributed by atoms with van der Waals surface area (Å²) in [4.78, 5) is 18.7. The SMILES string of the molecule is CCCNC(=O)CCN=C(NCC)N1CCOC(c2ccc(C)cc2C)C1.I. The number of hydrogen-bond acceptors (Lipinski definition) is 3. The number of carbonyl (C=O) groups is 1. The summed E-state index contributed by atoms with van der Waals surface area (Å²) in [5.74, 6) is 0.922. The Labute approximate surface area is 186 Å². The molecule has 0 radical (unpaired) electrons. The van der Waals surface area contributed by atoms with Gasteiger partial charge in [0, 0.05) is 26.1 Å². The Morgan fingerprint density at radius 1 is 1.29 bits per heavy atom. The number of guanidine groups is 1. The molecule has 1 atom stereocenters. The van der Waals surface area contributed by atoms with Gasteiger partial charge in [-0.05, 0) is 38.3 Å². The second-order valence-electron chi connectivity index (χ2n) is 7.00. The first-order valence-corrected chi connectivity index (χ1v) is 10.0. The number of hydrogen-bond donors (Lipinski definition) is 2. The van der Waals surface area contributed by atoms with Crippen LogP contribution in [0.25, 0.3) is 0 Å². The van der Waals surface area contributed by atoms with Gasteiger partial charge in [0.25, 0.3) is 0 Å². The molecule has 1 heterocycles. The molecule has 1 unspecified atom stereocenters. The van der Waals surface area contributed by atoms with Crippen LogP contribution in [0.3, 0.4) is 0 Å². The minimum absolute atomic E-state index is 0. The molecule has 0 aromatic heterocycles. The highest BCUT2D eigenvalue weighted by atomic mass is 127. The Balaban J connectivity index is 0.00000392. The largest absolute Gasteiger partial charge is 0.370 e. The highest BCUT2D eigenvalue weighted by molar-refractivity contribution is 14.0. The van der Waals surface area contributed by atoms with E-state index in [2.05, 4.69) is 59.5 Å². The lowest BCUT2D eigenvalue weighted by Crippen LogP contribution is -2.48. The van der Waals surface area contributed by atoms with Crippen LogP contribution in [0.4, 0.5) is 0 Å². The molecule has 7 heteroatoms. The van der Waals surface area contributed by atoms with E-state index >= 15 is 0 Å². The number of morpholine rings is 1. The topological polar surface area (TPSA) is 66.0 Å². The first-order valence-electron chi connectivity index (χ1n) is 10.0. The number of aryl methyl sites for hydroxylation is 2. The van der Waals surface area contributed by atoms with Gasteiger partial charge in [-0.15, -0.1) is 24.0 Å². The Morgan fingerprint density at radius 2 is 2.07 bits per heavy atom. The van der Waals surface area contributed by atoms with E-state index in [1.807, 2.05) is 6.92 Å². The minimum Gasteiger partial charge on any atom is -0.370 e. The third-order valence-electron chi connectivity index (χ3n) is 4.65. The van der Waals surface area contributed by atoms with E-state index in [0.717, 1.165) is 38.6 Å². The van der Waals surface area contributed by atoms with Gasteiger partial charge in [-0.25, -0.2) is 0 Å². The van der Waals surface area contributed by atoms with E-state index in [0.29, 0.717) is 19.6 Å². The second kappa shape index (κ2) is 13.0. The maximum atomic E-state index is 11.8. The summed E-state index contributed by atoms with van der Waals surface area (Å²) in [5.41, 5.74) is 3.76. The van der Waals surface area contributed by atoms with Crippen LogP contribution in [-0.4, -0.2) is 56.1 Å². The van der Waals surface area contributed by atoms with Crippen molar-refractivity contribution >= 4 is 35.8 Å². The standard InChI is InChI=1S/C21H34N4O2.HI/c1-5-10-23-20(26)9-11-24-21(22-6-2)25-12-13-27-19(15-25)18-8-7-16(3)14-17(18)4;/h7-8,14,19H,5-6,9-13,15H2,1-4H3,(H,22,24)(H,23,26);1H. The maximum absolute atomic E-state index is 11.8. The van der Waals surface area contributed by atoms with Crippen LogP contribution in [0, 0.1) is 13.8 Å². The molecule has 1 saturated heterocycles. The molecule has 0 spiro atoms. The number of rotatable bonds is 7. The quantitative estimate of drug-likeness (QED) is 0.342. The van der Waals surface area contributed by atoms with Crippen molar-refractivity contribution in [2.45, 2.75) is 46.6 Å².